The monoisotopic (exact) mass is 337 g/mol. The summed E-state index contributed by atoms with van der Waals surface area (Å²) in [6.45, 7) is 1.60. The molecule has 3 aromatic rings. The summed E-state index contributed by atoms with van der Waals surface area (Å²) in [5.74, 6) is -1.77. The number of hydrogen-bond donors (Lipinski definition) is 1. The van der Waals surface area contributed by atoms with Crippen LogP contribution in [-0.4, -0.2) is 21.8 Å². The van der Waals surface area contributed by atoms with E-state index in [1.807, 2.05) is 35.7 Å². The second-order valence-corrected chi connectivity index (χ2v) is 6.28. The van der Waals surface area contributed by atoms with Gasteiger partial charge in [0.2, 0.25) is 5.78 Å². The predicted octanol–water partition coefficient (Wildman–Crippen LogP) is 4.23. The molecule has 0 saturated carbocycles. The number of aliphatic carboxylic acids is 1. The van der Waals surface area contributed by atoms with E-state index in [4.69, 9.17) is 5.11 Å². The van der Waals surface area contributed by atoms with E-state index in [0.29, 0.717) is 16.1 Å². The topological polar surface area (TPSA) is 67.3 Å². The fourth-order valence-corrected chi connectivity index (χ4v) is 3.12. The van der Waals surface area contributed by atoms with Gasteiger partial charge in [-0.15, -0.1) is 11.3 Å². The minimum Gasteiger partial charge on any atom is -0.481 e. The average molecular weight is 337 g/mol. The Hall–Kier alpha value is -2.79. The quantitative estimate of drug-likeness (QED) is 0.708. The highest BCUT2D eigenvalue weighted by Crippen LogP contribution is 2.24. The fraction of sp³-hybridized carbons (Fsp3) is 0.105. The zero-order valence-corrected chi connectivity index (χ0v) is 13.8. The zero-order chi connectivity index (χ0) is 17.1. The number of carboxylic acid groups (broad SMARTS) is 1. The van der Waals surface area contributed by atoms with E-state index < -0.39 is 11.9 Å². The Bertz CT molecular complexity index is 886. The molecule has 0 spiro atoms. The molecule has 1 unspecified atom stereocenters. The number of ketones is 1. The van der Waals surface area contributed by atoms with Gasteiger partial charge in [0.1, 0.15) is 0 Å². The molecule has 0 radical (unpaired) electrons. The number of rotatable bonds is 5. The van der Waals surface area contributed by atoms with Crippen molar-refractivity contribution < 1.29 is 14.7 Å². The van der Waals surface area contributed by atoms with Crippen LogP contribution >= 0.6 is 11.3 Å². The third-order valence-electron chi connectivity index (χ3n) is 3.79. The molecule has 0 aliphatic heterocycles. The third-order valence-corrected chi connectivity index (χ3v) is 4.63. The summed E-state index contributed by atoms with van der Waals surface area (Å²) in [7, 11) is 0. The van der Waals surface area contributed by atoms with E-state index >= 15 is 0 Å². The Balaban J connectivity index is 1.89. The Morgan fingerprint density at radius 1 is 1.08 bits per heavy atom. The SMILES string of the molecule is CC(C(=O)O)c1cccc(C(=O)c2nc(-c3ccccc3)cs2)c1. The number of carbonyl (C=O) groups is 2. The maximum Gasteiger partial charge on any atom is 0.310 e. The first-order chi connectivity index (χ1) is 11.6. The van der Waals surface area contributed by atoms with Gasteiger partial charge in [-0.25, -0.2) is 4.98 Å². The Morgan fingerprint density at radius 3 is 2.54 bits per heavy atom. The molecule has 0 fully saturated rings. The van der Waals surface area contributed by atoms with Crippen LogP contribution in [0.1, 0.15) is 33.8 Å². The number of aromatic nitrogens is 1. The minimum absolute atomic E-state index is 0.193. The highest BCUT2D eigenvalue weighted by atomic mass is 32.1. The zero-order valence-electron chi connectivity index (χ0n) is 13.0. The van der Waals surface area contributed by atoms with Crippen LogP contribution in [0.15, 0.2) is 60.0 Å². The summed E-state index contributed by atoms with van der Waals surface area (Å²) in [6.07, 6.45) is 0. The maximum atomic E-state index is 12.6. The largest absolute Gasteiger partial charge is 0.481 e. The van der Waals surface area contributed by atoms with Crippen LogP contribution in [-0.2, 0) is 4.79 Å². The molecule has 120 valence electrons. The van der Waals surface area contributed by atoms with Gasteiger partial charge in [-0.2, -0.15) is 0 Å². The molecule has 0 bridgehead atoms. The summed E-state index contributed by atoms with van der Waals surface area (Å²) in [4.78, 5) is 28.2. The molecule has 1 atom stereocenters. The highest BCUT2D eigenvalue weighted by Gasteiger charge is 2.18. The Morgan fingerprint density at radius 2 is 1.83 bits per heavy atom. The summed E-state index contributed by atoms with van der Waals surface area (Å²) in [5, 5.41) is 11.4. The van der Waals surface area contributed by atoms with Crippen molar-refractivity contribution in [2.24, 2.45) is 0 Å². The van der Waals surface area contributed by atoms with Crippen molar-refractivity contribution in [2.45, 2.75) is 12.8 Å². The second-order valence-electron chi connectivity index (χ2n) is 5.42. The lowest BCUT2D eigenvalue weighted by molar-refractivity contribution is -0.138. The van der Waals surface area contributed by atoms with E-state index in [0.717, 1.165) is 11.3 Å². The molecule has 0 aliphatic rings. The number of benzene rings is 2. The summed E-state index contributed by atoms with van der Waals surface area (Å²) < 4.78 is 0. The van der Waals surface area contributed by atoms with Crippen LogP contribution < -0.4 is 0 Å². The van der Waals surface area contributed by atoms with Crippen LogP contribution in [0.4, 0.5) is 0 Å². The maximum absolute atomic E-state index is 12.6. The summed E-state index contributed by atoms with van der Waals surface area (Å²) in [6, 6.07) is 16.4. The Kier molecular flexibility index (Phi) is 4.53. The van der Waals surface area contributed by atoms with Gasteiger partial charge in [0.25, 0.3) is 0 Å². The predicted molar refractivity (Wildman–Crippen MR) is 93.5 cm³/mol. The van der Waals surface area contributed by atoms with Gasteiger partial charge >= 0.3 is 5.97 Å². The van der Waals surface area contributed by atoms with E-state index in [1.54, 1.807) is 31.2 Å². The second kappa shape index (κ2) is 6.76. The van der Waals surface area contributed by atoms with Crippen molar-refractivity contribution in [3.8, 4) is 11.3 Å². The van der Waals surface area contributed by atoms with Gasteiger partial charge in [-0.3, -0.25) is 9.59 Å². The van der Waals surface area contributed by atoms with Crippen LogP contribution in [0.3, 0.4) is 0 Å². The molecular weight excluding hydrogens is 322 g/mol. The van der Waals surface area contributed by atoms with E-state index in [-0.39, 0.29) is 5.78 Å². The number of carbonyl (C=O) groups excluding carboxylic acids is 1. The molecule has 1 aromatic heterocycles. The van der Waals surface area contributed by atoms with Crippen molar-refractivity contribution in [2.75, 3.05) is 0 Å². The normalized spacial score (nSPS) is 11.9. The standard InChI is InChI=1S/C19H15NO3S/c1-12(19(22)23)14-8-5-9-15(10-14)17(21)18-20-16(11-24-18)13-6-3-2-4-7-13/h2-12H,1H3,(H,22,23). The van der Waals surface area contributed by atoms with Crippen molar-refractivity contribution in [1.29, 1.82) is 0 Å². The molecule has 0 amide bonds. The molecule has 5 heteroatoms. The number of hydrogen-bond acceptors (Lipinski definition) is 4. The summed E-state index contributed by atoms with van der Waals surface area (Å²) in [5.41, 5.74) is 2.78. The molecule has 3 rings (SSSR count). The average Bonchev–Trinajstić information content (AvgIpc) is 3.11. The minimum atomic E-state index is -0.916. The first-order valence-corrected chi connectivity index (χ1v) is 8.32. The van der Waals surface area contributed by atoms with Crippen LogP contribution in [0.2, 0.25) is 0 Å². The fourth-order valence-electron chi connectivity index (χ4n) is 2.33. The highest BCUT2D eigenvalue weighted by molar-refractivity contribution is 7.12. The van der Waals surface area contributed by atoms with E-state index in [2.05, 4.69) is 4.98 Å². The molecule has 0 saturated heterocycles. The first kappa shape index (κ1) is 16.1. The van der Waals surface area contributed by atoms with Gasteiger partial charge in [0.15, 0.2) is 5.01 Å². The number of thiazole rings is 1. The smallest absolute Gasteiger partial charge is 0.310 e. The Labute approximate surface area is 143 Å². The van der Waals surface area contributed by atoms with E-state index in [1.165, 1.54) is 11.3 Å². The van der Waals surface area contributed by atoms with Crippen molar-refractivity contribution in [3.63, 3.8) is 0 Å². The molecule has 0 aliphatic carbocycles. The summed E-state index contributed by atoms with van der Waals surface area (Å²) >= 11 is 1.29. The van der Waals surface area contributed by atoms with Crippen molar-refractivity contribution in [1.82, 2.24) is 4.98 Å². The van der Waals surface area contributed by atoms with Gasteiger partial charge in [-0.1, -0.05) is 48.5 Å². The lowest BCUT2D eigenvalue weighted by atomic mass is 9.98. The molecule has 1 N–H and O–H groups in total. The van der Waals surface area contributed by atoms with Gasteiger partial charge < -0.3 is 5.11 Å². The van der Waals surface area contributed by atoms with Gasteiger partial charge in [0, 0.05) is 16.5 Å². The number of carboxylic acids is 1. The molecular formula is C19H15NO3S. The molecule has 1 heterocycles. The van der Waals surface area contributed by atoms with Gasteiger partial charge in [0.05, 0.1) is 11.6 Å². The van der Waals surface area contributed by atoms with Crippen molar-refractivity contribution in [3.05, 3.63) is 76.1 Å². The number of nitrogens with zero attached hydrogens (tertiary/aromatic N) is 1. The van der Waals surface area contributed by atoms with Crippen molar-refractivity contribution >= 4 is 23.1 Å². The third kappa shape index (κ3) is 3.26. The van der Waals surface area contributed by atoms with Gasteiger partial charge in [-0.05, 0) is 18.6 Å². The first-order valence-electron chi connectivity index (χ1n) is 7.44. The van der Waals surface area contributed by atoms with Crippen LogP contribution in [0, 0.1) is 0 Å². The van der Waals surface area contributed by atoms with Crippen LogP contribution in [0.5, 0.6) is 0 Å². The lowest BCUT2D eigenvalue weighted by Gasteiger charge is -2.07. The van der Waals surface area contributed by atoms with E-state index in [9.17, 15) is 9.59 Å². The van der Waals surface area contributed by atoms with Crippen LogP contribution in [0.25, 0.3) is 11.3 Å². The molecule has 4 nitrogen and oxygen atoms in total. The molecule has 24 heavy (non-hydrogen) atoms. The molecule has 2 aromatic carbocycles. The lowest BCUT2D eigenvalue weighted by Crippen LogP contribution is -2.09.